The highest BCUT2D eigenvalue weighted by molar-refractivity contribution is 5.64. The average molecular weight is 418 g/mol. The zero-order valence-corrected chi connectivity index (χ0v) is 16.9. The SMILES string of the molecule is COCCNC1CN(c2cc(C)cc(Nc3ncn(-c4cc(F)cc(F)c4)n3)c2)C1.[HH].[HH]. The van der Waals surface area contributed by atoms with Crippen molar-refractivity contribution in [3.8, 4) is 5.69 Å². The molecule has 0 aliphatic carbocycles. The van der Waals surface area contributed by atoms with E-state index in [4.69, 9.17) is 4.74 Å². The van der Waals surface area contributed by atoms with Crippen LogP contribution < -0.4 is 15.5 Å². The Morgan fingerprint density at radius 3 is 2.60 bits per heavy atom. The number of rotatable bonds is 8. The van der Waals surface area contributed by atoms with Gasteiger partial charge >= 0.3 is 0 Å². The van der Waals surface area contributed by atoms with Crippen molar-refractivity contribution >= 4 is 17.3 Å². The number of hydrogen-bond acceptors (Lipinski definition) is 6. The van der Waals surface area contributed by atoms with E-state index in [0.717, 1.165) is 42.6 Å². The molecule has 9 heteroatoms. The fourth-order valence-electron chi connectivity index (χ4n) is 3.45. The Morgan fingerprint density at radius 2 is 1.87 bits per heavy atom. The standard InChI is InChI=1S/C21H24F2N6O.2H2/c1-14-5-17(10-19(6-14)28-11-18(12-28)24-3-4-30-2)26-21-25-13-29(27-21)20-8-15(22)7-16(23)9-20;;/h5-10,13,18,24H,3-4,11-12H2,1-2H3,(H,26,27);2*1H. The van der Waals surface area contributed by atoms with Crippen LogP contribution in [0.2, 0.25) is 0 Å². The van der Waals surface area contributed by atoms with Crippen LogP contribution in [0.5, 0.6) is 0 Å². The molecular weight excluding hydrogens is 390 g/mol. The average Bonchev–Trinajstić information content (AvgIpc) is 3.11. The summed E-state index contributed by atoms with van der Waals surface area (Å²) in [7, 11) is 1.70. The molecule has 7 nitrogen and oxygen atoms in total. The molecule has 1 aromatic heterocycles. The summed E-state index contributed by atoms with van der Waals surface area (Å²) in [6, 6.07) is 9.86. The van der Waals surface area contributed by atoms with Gasteiger partial charge in [-0.15, -0.1) is 5.10 Å². The van der Waals surface area contributed by atoms with Gasteiger partial charge < -0.3 is 20.3 Å². The molecule has 1 aliphatic heterocycles. The minimum Gasteiger partial charge on any atom is -0.383 e. The van der Waals surface area contributed by atoms with E-state index in [9.17, 15) is 8.78 Å². The van der Waals surface area contributed by atoms with Crippen LogP contribution in [-0.2, 0) is 4.74 Å². The van der Waals surface area contributed by atoms with Gasteiger partial charge in [-0.3, -0.25) is 0 Å². The summed E-state index contributed by atoms with van der Waals surface area (Å²) in [5.41, 5.74) is 3.35. The quantitative estimate of drug-likeness (QED) is 0.546. The molecule has 2 N–H and O–H groups in total. The molecule has 4 rings (SSSR count). The zero-order chi connectivity index (χ0) is 21.1. The van der Waals surface area contributed by atoms with Crippen molar-refractivity contribution < 1.29 is 16.4 Å². The summed E-state index contributed by atoms with van der Waals surface area (Å²) >= 11 is 0. The van der Waals surface area contributed by atoms with Gasteiger partial charge in [0.1, 0.15) is 18.0 Å². The number of halogens is 2. The van der Waals surface area contributed by atoms with Crippen molar-refractivity contribution in [1.82, 2.24) is 20.1 Å². The zero-order valence-electron chi connectivity index (χ0n) is 16.9. The number of hydrogen-bond donors (Lipinski definition) is 2. The molecule has 2 aromatic carbocycles. The number of aromatic nitrogens is 3. The Morgan fingerprint density at radius 1 is 1.10 bits per heavy atom. The third-order valence-corrected chi connectivity index (χ3v) is 4.91. The van der Waals surface area contributed by atoms with E-state index in [1.165, 1.54) is 23.1 Å². The van der Waals surface area contributed by atoms with Crippen LogP contribution in [0, 0.1) is 18.6 Å². The van der Waals surface area contributed by atoms with Gasteiger partial charge in [0.05, 0.1) is 12.3 Å². The first kappa shape index (κ1) is 20.2. The van der Waals surface area contributed by atoms with Gasteiger partial charge in [-0.1, -0.05) is 0 Å². The third-order valence-electron chi connectivity index (χ3n) is 4.91. The topological polar surface area (TPSA) is 67.2 Å². The summed E-state index contributed by atoms with van der Waals surface area (Å²) in [4.78, 5) is 6.50. The van der Waals surface area contributed by atoms with Gasteiger partial charge in [-0.05, 0) is 42.8 Å². The van der Waals surface area contributed by atoms with Gasteiger partial charge in [-0.25, -0.2) is 13.5 Å². The Bertz CT molecular complexity index is 1010. The molecule has 162 valence electrons. The maximum Gasteiger partial charge on any atom is 0.246 e. The fourth-order valence-corrected chi connectivity index (χ4v) is 3.45. The molecule has 0 amide bonds. The lowest BCUT2D eigenvalue weighted by atomic mass is 10.1. The number of methoxy groups -OCH3 is 1. The summed E-state index contributed by atoms with van der Waals surface area (Å²) in [5.74, 6) is -0.982. The van der Waals surface area contributed by atoms with Crippen molar-refractivity contribution in [2.75, 3.05) is 43.6 Å². The molecule has 0 radical (unpaired) electrons. The van der Waals surface area contributed by atoms with Crippen LogP contribution in [0.15, 0.2) is 42.7 Å². The minimum absolute atomic E-state index is 0. The van der Waals surface area contributed by atoms with Crippen LogP contribution in [0.4, 0.5) is 26.1 Å². The smallest absolute Gasteiger partial charge is 0.246 e. The van der Waals surface area contributed by atoms with Gasteiger partial charge in [0.15, 0.2) is 0 Å². The number of aryl methyl sites for hydroxylation is 1. The second-order valence-electron chi connectivity index (χ2n) is 7.37. The molecular formula is C21H28F2N6O. The molecule has 2 heterocycles. The number of anilines is 3. The van der Waals surface area contributed by atoms with Gasteiger partial charge in [0.2, 0.25) is 5.95 Å². The molecule has 0 spiro atoms. The first-order chi connectivity index (χ1) is 14.5. The molecule has 3 aromatic rings. The summed E-state index contributed by atoms with van der Waals surface area (Å²) in [6.45, 7) is 5.45. The van der Waals surface area contributed by atoms with E-state index in [2.05, 4.69) is 31.7 Å². The highest BCUT2D eigenvalue weighted by Gasteiger charge is 2.26. The lowest BCUT2D eigenvalue weighted by Crippen LogP contribution is -2.58. The Hall–Kier alpha value is -3.04. The van der Waals surface area contributed by atoms with E-state index in [0.29, 0.717) is 18.6 Å². The van der Waals surface area contributed by atoms with Crippen LogP contribution in [0.25, 0.3) is 5.69 Å². The number of nitrogens with zero attached hydrogens (tertiary/aromatic N) is 4. The molecule has 30 heavy (non-hydrogen) atoms. The van der Waals surface area contributed by atoms with E-state index >= 15 is 0 Å². The van der Waals surface area contributed by atoms with Crippen LogP contribution in [0.1, 0.15) is 8.42 Å². The monoisotopic (exact) mass is 418 g/mol. The lowest BCUT2D eigenvalue weighted by molar-refractivity contribution is 0.193. The predicted molar refractivity (Wildman–Crippen MR) is 116 cm³/mol. The Balaban J connectivity index is 0.00000181. The van der Waals surface area contributed by atoms with Gasteiger partial charge in [-0.2, -0.15) is 4.98 Å². The third kappa shape index (κ3) is 4.74. The van der Waals surface area contributed by atoms with E-state index < -0.39 is 11.6 Å². The van der Waals surface area contributed by atoms with Gasteiger partial charge in [0, 0.05) is 53.1 Å². The van der Waals surface area contributed by atoms with E-state index in [1.807, 2.05) is 19.1 Å². The van der Waals surface area contributed by atoms with Crippen molar-refractivity contribution in [3.05, 3.63) is 59.9 Å². The fraction of sp³-hybridized carbons (Fsp3) is 0.333. The molecule has 0 bridgehead atoms. The van der Waals surface area contributed by atoms with Crippen molar-refractivity contribution in [3.63, 3.8) is 0 Å². The first-order valence-corrected chi connectivity index (χ1v) is 9.74. The summed E-state index contributed by atoms with van der Waals surface area (Å²) in [5, 5.41) is 10.9. The van der Waals surface area contributed by atoms with E-state index in [-0.39, 0.29) is 8.54 Å². The van der Waals surface area contributed by atoms with Crippen LogP contribution in [-0.4, -0.2) is 54.2 Å². The maximum absolute atomic E-state index is 13.5. The molecule has 1 fully saturated rings. The number of nitrogens with one attached hydrogen (secondary N) is 2. The number of benzene rings is 2. The van der Waals surface area contributed by atoms with Crippen molar-refractivity contribution in [2.45, 2.75) is 13.0 Å². The normalized spacial score (nSPS) is 14.1. The van der Waals surface area contributed by atoms with Crippen LogP contribution in [0.3, 0.4) is 0 Å². The maximum atomic E-state index is 13.5. The molecule has 1 aliphatic rings. The Labute approximate surface area is 176 Å². The van der Waals surface area contributed by atoms with Gasteiger partial charge in [0.25, 0.3) is 0 Å². The molecule has 0 atom stereocenters. The van der Waals surface area contributed by atoms with Crippen LogP contribution >= 0.6 is 0 Å². The highest BCUT2D eigenvalue weighted by atomic mass is 19.1. The molecule has 0 unspecified atom stereocenters. The highest BCUT2D eigenvalue weighted by Crippen LogP contribution is 2.27. The van der Waals surface area contributed by atoms with E-state index in [1.54, 1.807) is 7.11 Å². The summed E-state index contributed by atoms with van der Waals surface area (Å²) < 4.78 is 33.3. The second-order valence-corrected chi connectivity index (χ2v) is 7.37. The Kier molecular flexibility index (Phi) is 5.91. The first-order valence-electron chi connectivity index (χ1n) is 9.74. The van der Waals surface area contributed by atoms with Crippen molar-refractivity contribution in [1.29, 1.82) is 0 Å². The lowest BCUT2D eigenvalue weighted by Gasteiger charge is -2.41. The molecule has 0 saturated carbocycles. The predicted octanol–water partition coefficient (Wildman–Crippen LogP) is 3.51. The van der Waals surface area contributed by atoms with Crippen molar-refractivity contribution in [2.24, 2.45) is 0 Å². The molecule has 1 saturated heterocycles. The largest absolute Gasteiger partial charge is 0.383 e. The second kappa shape index (κ2) is 8.76. The number of ether oxygens (including phenoxy) is 1. The minimum atomic E-state index is -0.664. The summed E-state index contributed by atoms with van der Waals surface area (Å²) in [6.07, 6.45) is 1.42.